The van der Waals surface area contributed by atoms with Gasteiger partial charge in [0.05, 0.1) is 11.3 Å². The average Bonchev–Trinajstić information content (AvgIpc) is 2.41. The molecule has 1 rings (SSSR count). The largest absolute Gasteiger partial charge is 0.354 e. The van der Waals surface area contributed by atoms with Gasteiger partial charge in [-0.1, -0.05) is 20.8 Å². The summed E-state index contributed by atoms with van der Waals surface area (Å²) in [6.45, 7) is 7.16. The second kappa shape index (κ2) is 7.73. The first kappa shape index (κ1) is 17.1. The molecule has 0 spiro atoms. The predicted octanol–water partition coefficient (Wildman–Crippen LogP) is 0.823. The van der Waals surface area contributed by atoms with Crippen molar-refractivity contribution >= 4 is 11.8 Å². The third kappa shape index (κ3) is 6.85. The maximum Gasteiger partial charge on any atom is 0.252 e. The third-order valence-electron chi connectivity index (χ3n) is 2.72. The Bertz CT molecular complexity index is 477. The minimum absolute atomic E-state index is 0.00860. The summed E-state index contributed by atoms with van der Waals surface area (Å²) in [7, 11) is 0. The fraction of sp³-hybridized carbons (Fsp3) is 0.533. The molecule has 1 aromatic heterocycles. The normalized spacial score (nSPS) is 11.0. The Morgan fingerprint density at radius 3 is 2.38 bits per heavy atom. The molecule has 6 nitrogen and oxygen atoms in total. The summed E-state index contributed by atoms with van der Waals surface area (Å²) in [5, 5.41) is 5.51. The van der Waals surface area contributed by atoms with Gasteiger partial charge in [-0.05, 0) is 17.5 Å². The Balaban J connectivity index is 2.28. The van der Waals surface area contributed by atoms with Gasteiger partial charge in [0.1, 0.15) is 0 Å². The third-order valence-corrected chi connectivity index (χ3v) is 2.72. The summed E-state index contributed by atoms with van der Waals surface area (Å²) in [4.78, 5) is 27.5. The molecule has 0 unspecified atom stereocenters. The van der Waals surface area contributed by atoms with E-state index in [4.69, 9.17) is 5.73 Å². The van der Waals surface area contributed by atoms with Crippen molar-refractivity contribution in [3.63, 3.8) is 0 Å². The number of nitrogens with zero attached hydrogens (tertiary/aromatic N) is 1. The van der Waals surface area contributed by atoms with Crippen molar-refractivity contribution in [2.45, 2.75) is 33.7 Å². The summed E-state index contributed by atoms with van der Waals surface area (Å²) < 4.78 is 0. The molecule has 116 valence electrons. The van der Waals surface area contributed by atoms with Crippen LogP contribution >= 0.6 is 0 Å². The van der Waals surface area contributed by atoms with Crippen molar-refractivity contribution in [3.05, 3.63) is 29.6 Å². The zero-order chi connectivity index (χ0) is 15.9. The molecule has 0 aliphatic heterocycles. The number of carbonyl (C=O) groups excluding carboxylic acids is 2. The van der Waals surface area contributed by atoms with Gasteiger partial charge in [-0.25, -0.2) is 0 Å². The van der Waals surface area contributed by atoms with Crippen LogP contribution in [-0.4, -0.2) is 29.9 Å². The first-order valence-electron chi connectivity index (χ1n) is 7.02. The fourth-order valence-corrected chi connectivity index (χ4v) is 1.70. The lowest BCUT2D eigenvalue weighted by atomic mass is 9.92. The summed E-state index contributed by atoms with van der Waals surface area (Å²) >= 11 is 0. The van der Waals surface area contributed by atoms with Crippen molar-refractivity contribution in [1.29, 1.82) is 0 Å². The maximum absolute atomic E-state index is 11.8. The molecule has 0 saturated carbocycles. The molecule has 0 atom stereocenters. The lowest BCUT2D eigenvalue weighted by molar-refractivity contribution is -0.122. The summed E-state index contributed by atoms with van der Waals surface area (Å²) in [5.74, 6) is -0.221. The molecule has 1 aromatic rings. The van der Waals surface area contributed by atoms with Gasteiger partial charge in [0.15, 0.2) is 0 Å². The molecule has 0 fully saturated rings. The molecule has 0 radical (unpaired) electrons. The first-order valence-corrected chi connectivity index (χ1v) is 7.02. The Morgan fingerprint density at radius 2 is 1.86 bits per heavy atom. The van der Waals surface area contributed by atoms with Crippen LogP contribution in [0, 0.1) is 5.41 Å². The van der Waals surface area contributed by atoms with Crippen LogP contribution in [-0.2, 0) is 11.3 Å². The van der Waals surface area contributed by atoms with Gasteiger partial charge in [-0.2, -0.15) is 0 Å². The SMILES string of the molecule is CC(C)(C)CC(=O)NCCNC(=O)c1ccc(CN)nc1. The summed E-state index contributed by atoms with van der Waals surface area (Å²) in [6.07, 6.45) is 1.96. The van der Waals surface area contributed by atoms with Crippen molar-refractivity contribution in [2.24, 2.45) is 11.1 Å². The number of carbonyl (C=O) groups is 2. The van der Waals surface area contributed by atoms with Crippen molar-refractivity contribution < 1.29 is 9.59 Å². The van der Waals surface area contributed by atoms with Crippen LogP contribution in [0.25, 0.3) is 0 Å². The molecular weight excluding hydrogens is 268 g/mol. The molecule has 6 heteroatoms. The number of aromatic nitrogens is 1. The number of hydrogen-bond acceptors (Lipinski definition) is 4. The highest BCUT2D eigenvalue weighted by atomic mass is 16.2. The van der Waals surface area contributed by atoms with E-state index in [1.54, 1.807) is 12.1 Å². The number of rotatable bonds is 6. The molecule has 4 N–H and O–H groups in total. The van der Waals surface area contributed by atoms with Gasteiger partial charge in [-0.3, -0.25) is 14.6 Å². The monoisotopic (exact) mass is 292 g/mol. The minimum atomic E-state index is -0.212. The smallest absolute Gasteiger partial charge is 0.252 e. The fourth-order valence-electron chi connectivity index (χ4n) is 1.70. The number of nitrogens with two attached hydrogens (primary N) is 1. The lowest BCUT2D eigenvalue weighted by Crippen LogP contribution is -2.36. The highest BCUT2D eigenvalue weighted by Crippen LogP contribution is 2.17. The van der Waals surface area contributed by atoms with Crippen LogP contribution < -0.4 is 16.4 Å². The van der Waals surface area contributed by atoms with Gasteiger partial charge >= 0.3 is 0 Å². The number of hydrogen-bond donors (Lipinski definition) is 3. The van der Waals surface area contributed by atoms with E-state index in [-0.39, 0.29) is 17.2 Å². The molecule has 0 saturated heterocycles. The number of nitrogens with one attached hydrogen (secondary N) is 2. The predicted molar refractivity (Wildman–Crippen MR) is 81.5 cm³/mol. The Labute approximate surface area is 125 Å². The highest BCUT2D eigenvalue weighted by molar-refractivity contribution is 5.93. The minimum Gasteiger partial charge on any atom is -0.354 e. The average molecular weight is 292 g/mol. The summed E-state index contributed by atoms with van der Waals surface area (Å²) in [5.41, 5.74) is 6.62. The first-order chi connectivity index (χ1) is 9.81. The molecule has 2 amide bonds. The Kier molecular flexibility index (Phi) is 6.30. The Hall–Kier alpha value is -1.95. The number of amides is 2. The van der Waals surface area contributed by atoms with Gasteiger partial charge < -0.3 is 16.4 Å². The molecule has 21 heavy (non-hydrogen) atoms. The van der Waals surface area contributed by atoms with E-state index in [0.29, 0.717) is 31.6 Å². The van der Waals surface area contributed by atoms with E-state index in [9.17, 15) is 9.59 Å². The standard InChI is InChI=1S/C15H24N4O2/c1-15(2,3)8-13(20)17-6-7-18-14(21)11-4-5-12(9-16)19-10-11/h4-5,10H,6-9,16H2,1-3H3,(H,17,20)(H,18,21). The van der Waals surface area contributed by atoms with Gasteiger partial charge in [0, 0.05) is 32.3 Å². The van der Waals surface area contributed by atoms with Crippen molar-refractivity contribution in [1.82, 2.24) is 15.6 Å². The number of pyridine rings is 1. The van der Waals surface area contributed by atoms with E-state index in [0.717, 1.165) is 5.69 Å². The van der Waals surface area contributed by atoms with Crippen molar-refractivity contribution in [3.8, 4) is 0 Å². The zero-order valence-electron chi connectivity index (χ0n) is 12.9. The van der Waals surface area contributed by atoms with Gasteiger partial charge in [-0.15, -0.1) is 0 Å². The van der Waals surface area contributed by atoms with Crippen LogP contribution in [0.15, 0.2) is 18.3 Å². The molecular formula is C15H24N4O2. The quantitative estimate of drug-likeness (QED) is 0.676. The van der Waals surface area contributed by atoms with Crippen LogP contribution in [0.3, 0.4) is 0 Å². The second-order valence-electron chi connectivity index (χ2n) is 6.09. The van der Waals surface area contributed by atoms with Crippen LogP contribution in [0.4, 0.5) is 0 Å². The van der Waals surface area contributed by atoms with Crippen LogP contribution in [0.2, 0.25) is 0 Å². The van der Waals surface area contributed by atoms with E-state index >= 15 is 0 Å². The molecule has 0 aliphatic carbocycles. The van der Waals surface area contributed by atoms with Crippen LogP contribution in [0.5, 0.6) is 0 Å². The van der Waals surface area contributed by atoms with Crippen LogP contribution in [0.1, 0.15) is 43.2 Å². The van der Waals surface area contributed by atoms with E-state index in [1.165, 1.54) is 6.20 Å². The Morgan fingerprint density at radius 1 is 1.19 bits per heavy atom. The molecule has 0 bridgehead atoms. The summed E-state index contributed by atoms with van der Waals surface area (Å²) in [6, 6.07) is 3.41. The topological polar surface area (TPSA) is 97.1 Å². The van der Waals surface area contributed by atoms with Gasteiger partial charge in [0.2, 0.25) is 5.91 Å². The highest BCUT2D eigenvalue weighted by Gasteiger charge is 2.15. The maximum atomic E-state index is 11.8. The molecule has 0 aliphatic rings. The van der Waals surface area contributed by atoms with Gasteiger partial charge in [0.25, 0.3) is 5.91 Å². The second-order valence-corrected chi connectivity index (χ2v) is 6.09. The molecule has 1 heterocycles. The van der Waals surface area contributed by atoms with E-state index in [2.05, 4.69) is 15.6 Å². The zero-order valence-corrected chi connectivity index (χ0v) is 12.9. The lowest BCUT2D eigenvalue weighted by Gasteiger charge is -2.17. The van der Waals surface area contributed by atoms with E-state index in [1.807, 2.05) is 20.8 Å². The van der Waals surface area contributed by atoms with E-state index < -0.39 is 0 Å². The molecule has 0 aromatic carbocycles. The van der Waals surface area contributed by atoms with Crippen molar-refractivity contribution in [2.75, 3.05) is 13.1 Å².